The largest absolute Gasteiger partial charge is 0.504 e. The van der Waals surface area contributed by atoms with Crippen LogP contribution in [0, 0.1) is 11.3 Å². The number of nitrogens with zero attached hydrogens (tertiary/aromatic N) is 2. The highest BCUT2D eigenvalue weighted by molar-refractivity contribution is 6.58. The number of allylic oxidation sites excluding steroid dienone is 2. The summed E-state index contributed by atoms with van der Waals surface area (Å²) in [6.45, 7) is 2.00. The molecule has 0 saturated carbocycles. The molecule has 1 aromatic heterocycles. The molecule has 0 atom stereocenters. The summed E-state index contributed by atoms with van der Waals surface area (Å²) in [5.74, 6) is 0.136. The second kappa shape index (κ2) is 10.5. The van der Waals surface area contributed by atoms with Crippen LogP contribution in [0.2, 0.25) is 0 Å². The number of nitriles is 1. The Morgan fingerprint density at radius 2 is 1.92 bits per heavy atom. The highest BCUT2D eigenvalue weighted by atomic mass is 16.5. The minimum absolute atomic E-state index is 0.136. The summed E-state index contributed by atoms with van der Waals surface area (Å²) < 4.78 is 4.81. The van der Waals surface area contributed by atoms with Crippen LogP contribution in [-0.2, 0) is 9.53 Å². The van der Waals surface area contributed by atoms with Crippen molar-refractivity contribution in [3.05, 3.63) is 59.9 Å². The van der Waals surface area contributed by atoms with Crippen molar-refractivity contribution in [2.75, 3.05) is 12.8 Å². The second-order valence-corrected chi connectivity index (χ2v) is 4.89. The average molecular weight is 351 g/mol. The molecule has 132 valence electrons. The van der Waals surface area contributed by atoms with Crippen LogP contribution in [0.5, 0.6) is 0 Å². The fraction of sp³-hybridized carbons (Fsp3) is 0.0556. The zero-order chi connectivity index (χ0) is 19.5. The Hall–Kier alpha value is -3.41. The van der Waals surface area contributed by atoms with Crippen molar-refractivity contribution in [2.24, 2.45) is 0 Å². The topological polar surface area (TPSA) is 129 Å². The molecule has 0 unspecified atom stereocenters. The summed E-state index contributed by atoms with van der Waals surface area (Å²) in [5, 5.41) is 27.5. The Bertz CT molecular complexity index is 828. The van der Waals surface area contributed by atoms with Gasteiger partial charge in [0.2, 0.25) is 0 Å². The predicted octanol–water partition coefficient (Wildman–Crippen LogP) is 0.871. The van der Waals surface area contributed by atoms with Crippen LogP contribution in [0.3, 0.4) is 0 Å². The van der Waals surface area contributed by atoms with Crippen LogP contribution in [0.1, 0.15) is 11.1 Å². The number of ether oxygens (including phenoxy) is 1. The van der Waals surface area contributed by atoms with Crippen molar-refractivity contribution in [3.63, 3.8) is 0 Å². The van der Waals surface area contributed by atoms with Gasteiger partial charge in [-0.15, -0.1) is 0 Å². The molecule has 0 aliphatic carbocycles. The Morgan fingerprint density at radius 1 is 1.27 bits per heavy atom. The first-order valence-corrected chi connectivity index (χ1v) is 7.38. The van der Waals surface area contributed by atoms with Crippen molar-refractivity contribution >= 4 is 31.3 Å². The van der Waals surface area contributed by atoms with Gasteiger partial charge in [-0.05, 0) is 23.2 Å². The number of hydrogen-bond acceptors (Lipinski definition) is 7. The fourth-order valence-corrected chi connectivity index (χ4v) is 2.10. The van der Waals surface area contributed by atoms with Gasteiger partial charge in [0.1, 0.15) is 24.2 Å². The van der Waals surface area contributed by atoms with Crippen molar-refractivity contribution in [2.45, 2.75) is 0 Å². The third kappa shape index (κ3) is 5.31. The third-order valence-corrected chi connectivity index (χ3v) is 3.30. The number of nitrogen functional groups attached to an aromatic ring is 1. The highest BCUT2D eigenvalue weighted by Crippen LogP contribution is 2.24. The zero-order valence-electron chi connectivity index (χ0n) is 14.2. The maximum atomic E-state index is 9.26. The summed E-state index contributed by atoms with van der Waals surface area (Å²) in [6.07, 6.45) is 6.66. The van der Waals surface area contributed by atoms with Gasteiger partial charge in [0.25, 0.3) is 0 Å². The molecule has 2 aromatic rings. The molecule has 0 saturated heterocycles. The number of pyridine rings is 1. The standard InChI is InChI=1S/C17H16BN3O3.CH2O/c1-24-9-3-2-4-13-10-16(21-17(20)15(13)11-19)12-5-7-14(8-6-12)18(22)23;1-2/h2-10,22-23H,1H3,(H2,20,21);1H2/b4-2+,9-3-;. The first-order valence-electron chi connectivity index (χ1n) is 7.38. The van der Waals surface area contributed by atoms with E-state index in [-0.39, 0.29) is 5.82 Å². The van der Waals surface area contributed by atoms with Crippen LogP contribution >= 0.6 is 0 Å². The van der Waals surface area contributed by atoms with Crippen molar-refractivity contribution in [1.82, 2.24) is 4.98 Å². The van der Waals surface area contributed by atoms with Crippen molar-refractivity contribution in [1.29, 1.82) is 5.26 Å². The number of hydrogen-bond donors (Lipinski definition) is 3. The molecule has 0 aliphatic heterocycles. The van der Waals surface area contributed by atoms with Crippen molar-refractivity contribution in [3.8, 4) is 17.3 Å². The quantitative estimate of drug-likeness (QED) is 0.414. The summed E-state index contributed by atoms with van der Waals surface area (Å²) in [4.78, 5) is 12.2. The maximum Gasteiger partial charge on any atom is 0.488 e. The van der Waals surface area contributed by atoms with Gasteiger partial charge < -0.3 is 25.3 Å². The normalized spacial score (nSPS) is 10.2. The molecule has 0 spiro atoms. The van der Waals surface area contributed by atoms with E-state index < -0.39 is 7.12 Å². The van der Waals surface area contributed by atoms with E-state index in [0.29, 0.717) is 22.3 Å². The summed E-state index contributed by atoms with van der Waals surface area (Å²) >= 11 is 0. The lowest BCUT2D eigenvalue weighted by molar-refractivity contribution is -0.0979. The van der Waals surface area contributed by atoms with E-state index in [4.69, 9.17) is 25.3 Å². The summed E-state index contributed by atoms with van der Waals surface area (Å²) in [7, 11) is 0.0182. The van der Waals surface area contributed by atoms with E-state index in [1.165, 1.54) is 6.26 Å². The summed E-state index contributed by atoms with van der Waals surface area (Å²) in [5.41, 5.74) is 8.53. The number of aromatic nitrogens is 1. The van der Waals surface area contributed by atoms with E-state index in [2.05, 4.69) is 4.98 Å². The van der Waals surface area contributed by atoms with Crippen molar-refractivity contribution < 1.29 is 19.6 Å². The second-order valence-electron chi connectivity index (χ2n) is 4.89. The number of nitrogens with two attached hydrogens (primary N) is 1. The molecule has 0 fully saturated rings. The molecule has 2 rings (SSSR count). The van der Waals surface area contributed by atoms with Gasteiger partial charge in [0.05, 0.1) is 19.1 Å². The zero-order valence-corrected chi connectivity index (χ0v) is 14.2. The lowest BCUT2D eigenvalue weighted by atomic mass is 9.80. The van der Waals surface area contributed by atoms with Gasteiger partial charge in [-0.25, -0.2) is 4.98 Å². The molecular formula is C18H18BN3O4. The van der Waals surface area contributed by atoms with Crippen LogP contribution in [0.15, 0.2) is 48.7 Å². The number of benzene rings is 1. The van der Waals surface area contributed by atoms with E-state index in [0.717, 1.165) is 5.56 Å². The SMILES string of the molecule is C=O.CO/C=C\C=C\c1cc(-c2ccc(B(O)O)cc2)nc(N)c1C#N. The van der Waals surface area contributed by atoms with Crippen LogP contribution in [0.4, 0.5) is 5.82 Å². The monoisotopic (exact) mass is 351 g/mol. The number of rotatable bonds is 5. The smallest absolute Gasteiger partial charge is 0.488 e. The highest BCUT2D eigenvalue weighted by Gasteiger charge is 2.12. The Kier molecular flexibility index (Phi) is 8.30. The molecule has 7 nitrogen and oxygen atoms in total. The number of methoxy groups -OCH3 is 1. The molecule has 8 heteroatoms. The van der Waals surface area contributed by atoms with Crippen LogP contribution in [-0.4, -0.2) is 36.0 Å². The predicted molar refractivity (Wildman–Crippen MR) is 101 cm³/mol. The number of anilines is 1. The lowest BCUT2D eigenvalue weighted by Gasteiger charge is -2.08. The van der Waals surface area contributed by atoms with Crippen LogP contribution in [0.25, 0.3) is 17.3 Å². The van der Waals surface area contributed by atoms with E-state index in [9.17, 15) is 5.26 Å². The minimum Gasteiger partial charge on any atom is -0.504 e. The Balaban J connectivity index is 0.00000163. The van der Waals surface area contributed by atoms with Gasteiger partial charge in [0.15, 0.2) is 0 Å². The summed E-state index contributed by atoms with van der Waals surface area (Å²) in [6, 6.07) is 10.4. The third-order valence-electron chi connectivity index (χ3n) is 3.30. The van der Waals surface area contributed by atoms with Gasteiger partial charge in [-0.1, -0.05) is 36.4 Å². The molecular weight excluding hydrogens is 333 g/mol. The molecule has 26 heavy (non-hydrogen) atoms. The molecule has 0 bridgehead atoms. The number of carbonyl (C=O) groups is 1. The number of carbonyl (C=O) groups excluding carboxylic acids is 1. The average Bonchev–Trinajstić information content (AvgIpc) is 2.66. The molecule has 1 aromatic carbocycles. The first kappa shape index (κ1) is 20.6. The van der Waals surface area contributed by atoms with Gasteiger partial charge in [-0.3, -0.25) is 0 Å². The molecule has 4 N–H and O–H groups in total. The van der Waals surface area contributed by atoms with Gasteiger partial charge >= 0.3 is 7.12 Å². The van der Waals surface area contributed by atoms with Gasteiger partial charge in [0, 0.05) is 5.56 Å². The minimum atomic E-state index is -1.52. The van der Waals surface area contributed by atoms with E-state index >= 15 is 0 Å². The lowest BCUT2D eigenvalue weighted by Crippen LogP contribution is -2.29. The Morgan fingerprint density at radius 3 is 2.46 bits per heavy atom. The van der Waals surface area contributed by atoms with Crippen LogP contribution < -0.4 is 11.2 Å². The molecule has 0 amide bonds. The first-order chi connectivity index (χ1) is 12.6. The Labute approximate surface area is 151 Å². The maximum absolute atomic E-state index is 9.26. The van der Waals surface area contributed by atoms with E-state index in [1.807, 2.05) is 12.9 Å². The van der Waals surface area contributed by atoms with E-state index in [1.54, 1.807) is 55.7 Å². The fourth-order valence-electron chi connectivity index (χ4n) is 2.10. The molecule has 1 heterocycles. The molecule has 0 radical (unpaired) electrons. The van der Waals surface area contributed by atoms with Gasteiger partial charge in [-0.2, -0.15) is 5.26 Å². The molecule has 0 aliphatic rings.